The second-order valence-electron chi connectivity index (χ2n) is 8.77. The van der Waals surface area contributed by atoms with Gasteiger partial charge in [-0.25, -0.2) is 0 Å². The number of halogens is 6. The SMILES string of the molecule is CN1C=CC=C([C@@H]([C@H](O)c2cccnc2-c2cc(C(F)(F)F)cc(C(F)(F)F)c2)N2CCOCC2)C1. The van der Waals surface area contributed by atoms with Crippen LogP contribution < -0.4 is 0 Å². The molecule has 2 atom stereocenters. The molecule has 36 heavy (non-hydrogen) atoms. The van der Waals surface area contributed by atoms with Crippen molar-refractivity contribution >= 4 is 0 Å². The van der Waals surface area contributed by atoms with Gasteiger partial charge in [0.25, 0.3) is 0 Å². The summed E-state index contributed by atoms with van der Waals surface area (Å²) in [6.45, 7) is 2.37. The lowest BCUT2D eigenvalue weighted by Gasteiger charge is -2.40. The Kier molecular flexibility index (Phi) is 7.44. The van der Waals surface area contributed by atoms with Gasteiger partial charge in [-0.1, -0.05) is 12.1 Å². The largest absolute Gasteiger partial charge is 0.416 e. The van der Waals surface area contributed by atoms with Crippen molar-refractivity contribution < 1.29 is 36.2 Å². The molecule has 0 amide bonds. The Morgan fingerprint density at radius 3 is 2.22 bits per heavy atom. The van der Waals surface area contributed by atoms with E-state index in [0.29, 0.717) is 45.0 Å². The number of aromatic nitrogens is 1. The highest BCUT2D eigenvalue weighted by Crippen LogP contribution is 2.40. The van der Waals surface area contributed by atoms with Gasteiger partial charge in [-0.2, -0.15) is 26.3 Å². The molecule has 2 aromatic rings. The lowest BCUT2D eigenvalue weighted by molar-refractivity contribution is -0.143. The van der Waals surface area contributed by atoms with E-state index in [1.807, 2.05) is 35.2 Å². The lowest BCUT2D eigenvalue weighted by atomic mass is 9.89. The van der Waals surface area contributed by atoms with Gasteiger partial charge < -0.3 is 14.7 Å². The summed E-state index contributed by atoms with van der Waals surface area (Å²) in [7, 11) is 1.86. The number of rotatable bonds is 5. The van der Waals surface area contributed by atoms with Crippen molar-refractivity contribution in [2.75, 3.05) is 39.9 Å². The number of morpholine rings is 1. The first kappa shape index (κ1) is 26.2. The molecular weight excluding hydrogens is 488 g/mol. The van der Waals surface area contributed by atoms with Crippen molar-refractivity contribution in [2.45, 2.75) is 24.5 Å². The maximum atomic E-state index is 13.5. The average molecular weight is 513 g/mol. The third kappa shape index (κ3) is 5.74. The Bertz CT molecular complexity index is 1110. The zero-order valence-electron chi connectivity index (χ0n) is 19.4. The van der Waals surface area contributed by atoms with Gasteiger partial charge in [-0.3, -0.25) is 9.88 Å². The van der Waals surface area contributed by atoms with Crippen LogP contribution in [-0.2, 0) is 17.1 Å². The number of pyridine rings is 1. The van der Waals surface area contributed by atoms with Crippen LogP contribution in [0.2, 0.25) is 0 Å². The van der Waals surface area contributed by atoms with E-state index in [1.54, 1.807) is 0 Å². The van der Waals surface area contributed by atoms with Crippen LogP contribution in [0.5, 0.6) is 0 Å². The quantitative estimate of drug-likeness (QED) is 0.577. The zero-order valence-corrected chi connectivity index (χ0v) is 19.4. The van der Waals surface area contributed by atoms with Crippen LogP contribution in [-0.4, -0.2) is 65.8 Å². The smallest absolute Gasteiger partial charge is 0.386 e. The van der Waals surface area contributed by atoms with Crippen LogP contribution in [0.15, 0.2) is 60.5 Å². The fourth-order valence-corrected chi connectivity index (χ4v) is 4.55. The number of aliphatic hydroxyl groups excluding tert-OH is 1. The minimum absolute atomic E-state index is 0.0775. The van der Waals surface area contributed by atoms with Crippen LogP contribution in [0.3, 0.4) is 0 Å². The first-order valence-electron chi connectivity index (χ1n) is 11.3. The summed E-state index contributed by atoms with van der Waals surface area (Å²) in [5, 5.41) is 11.6. The summed E-state index contributed by atoms with van der Waals surface area (Å²) in [5.41, 5.74) is -2.40. The topological polar surface area (TPSA) is 48.8 Å². The Morgan fingerprint density at radius 2 is 1.64 bits per heavy atom. The van der Waals surface area contributed by atoms with Gasteiger partial charge in [-0.15, -0.1) is 0 Å². The van der Waals surface area contributed by atoms with E-state index in [2.05, 4.69) is 4.98 Å². The predicted molar refractivity (Wildman–Crippen MR) is 121 cm³/mol. The van der Waals surface area contributed by atoms with E-state index >= 15 is 0 Å². The minimum Gasteiger partial charge on any atom is -0.386 e. The number of ether oxygens (including phenoxy) is 1. The van der Waals surface area contributed by atoms with Crippen molar-refractivity contribution in [3.8, 4) is 11.3 Å². The van der Waals surface area contributed by atoms with Crippen LogP contribution in [0.25, 0.3) is 11.3 Å². The number of benzene rings is 1. The van der Waals surface area contributed by atoms with E-state index in [1.165, 1.54) is 18.3 Å². The van der Waals surface area contributed by atoms with Gasteiger partial charge in [0, 0.05) is 44.0 Å². The third-order valence-corrected chi connectivity index (χ3v) is 6.22. The Hall–Kier alpha value is -2.89. The van der Waals surface area contributed by atoms with Crippen molar-refractivity contribution in [3.63, 3.8) is 0 Å². The first-order chi connectivity index (χ1) is 16.9. The third-order valence-electron chi connectivity index (χ3n) is 6.22. The van der Waals surface area contributed by atoms with E-state index in [9.17, 15) is 31.4 Å². The molecule has 0 aliphatic carbocycles. The van der Waals surface area contributed by atoms with Crippen LogP contribution in [0, 0.1) is 0 Å². The summed E-state index contributed by atoms with van der Waals surface area (Å²) in [4.78, 5) is 8.05. The molecule has 0 unspecified atom stereocenters. The molecule has 11 heteroatoms. The molecule has 1 aromatic heterocycles. The molecule has 0 bridgehead atoms. The molecule has 2 aliphatic rings. The monoisotopic (exact) mass is 513 g/mol. The minimum atomic E-state index is -5.00. The van der Waals surface area contributed by atoms with Gasteiger partial charge in [0.05, 0.1) is 36.1 Å². The molecule has 194 valence electrons. The normalized spacial score (nSPS) is 19.2. The molecule has 5 nitrogen and oxygen atoms in total. The van der Waals surface area contributed by atoms with Crippen LogP contribution in [0.4, 0.5) is 26.3 Å². The molecule has 3 heterocycles. The van der Waals surface area contributed by atoms with E-state index < -0.39 is 35.6 Å². The summed E-state index contributed by atoms with van der Waals surface area (Å²) in [6, 6.07) is 3.74. The fourth-order valence-electron chi connectivity index (χ4n) is 4.55. The highest BCUT2D eigenvalue weighted by Gasteiger charge is 2.38. The van der Waals surface area contributed by atoms with Crippen LogP contribution >= 0.6 is 0 Å². The maximum Gasteiger partial charge on any atom is 0.416 e. The summed E-state index contributed by atoms with van der Waals surface area (Å²) in [6.07, 6.45) is -4.44. The average Bonchev–Trinajstić information content (AvgIpc) is 2.83. The van der Waals surface area contributed by atoms with Crippen LogP contribution in [0.1, 0.15) is 22.8 Å². The molecule has 0 radical (unpaired) electrons. The van der Waals surface area contributed by atoms with E-state index in [-0.39, 0.29) is 22.9 Å². The maximum absolute atomic E-state index is 13.5. The highest BCUT2D eigenvalue weighted by atomic mass is 19.4. The molecular formula is C25H25F6N3O2. The molecule has 1 fully saturated rings. The van der Waals surface area contributed by atoms with E-state index in [0.717, 1.165) is 5.57 Å². The second kappa shape index (κ2) is 10.2. The lowest BCUT2D eigenvalue weighted by Crippen LogP contribution is -2.48. The summed E-state index contributed by atoms with van der Waals surface area (Å²) in [5.74, 6) is 0. The number of nitrogens with zero attached hydrogens (tertiary/aromatic N) is 3. The Morgan fingerprint density at radius 1 is 1.00 bits per heavy atom. The zero-order chi connectivity index (χ0) is 26.1. The first-order valence-corrected chi connectivity index (χ1v) is 11.3. The van der Waals surface area contributed by atoms with Gasteiger partial charge in [0.1, 0.15) is 6.10 Å². The van der Waals surface area contributed by atoms with Gasteiger partial charge >= 0.3 is 12.4 Å². The van der Waals surface area contributed by atoms with Gasteiger partial charge in [-0.05, 0) is 42.1 Å². The molecule has 1 saturated heterocycles. The number of alkyl halides is 6. The van der Waals surface area contributed by atoms with Crippen molar-refractivity contribution in [1.29, 1.82) is 0 Å². The van der Waals surface area contributed by atoms with Crippen molar-refractivity contribution in [3.05, 3.63) is 77.1 Å². The predicted octanol–water partition coefficient (Wildman–Crippen LogP) is 4.91. The number of aliphatic hydroxyl groups is 1. The molecule has 2 aliphatic heterocycles. The number of allylic oxidation sites excluding steroid dienone is 2. The molecule has 4 rings (SSSR count). The fraction of sp³-hybridized carbons (Fsp3) is 0.400. The number of hydrogen-bond donors (Lipinski definition) is 1. The van der Waals surface area contributed by atoms with E-state index in [4.69, 9.17) is 4.74 Å². The van der Waals surface area contributed by atoms with Gasteiger partial charge in [0.15, 0.2) is 0 Å². The summed E-state index contributed by atoms with van der Waals surface area (Å²) >= 11 is 0. The van der Waals surface area contributed by atoms with Gasteiger partial charge in [0.2, 0.25) is 0 Å². The molecule has 1 aromatic carbocycles. The molecule has 1 N–H and O–H groups in total. The number of likely N-dealkylation sites (N-methyl/N-ethyl adjacent to an activating group) is 1. The number of hydrogen-bond acceptors (Lipinski definition) is 5. The van der Waals surface area contributed by atoms with Crippen molar-refractivity contribution in [1.82, 2.24) is 14.8 Å². The molecule has 0 saturated carbocycles. The standard InChI is InChI=1S/C25H25F6N3O2/c1-33-7-3-4-16(15-33)22(34-8-10-36-11-9-34)23(35)20-5-2-6-32-21(20)17-12-18(24(26,27)28)14-19(13-17)25(29,30)31/h2-7,12-14,22-23,35H,8-11,15H2,1H3/t22-,23+/m0/s1. The molecule has 0 spiro atoms. The Balaban J connectivity index is 1.82. The van der Waals surface area contributed by atoms with Crippen molar-refractivity contribution in [2.24, 2.45) is 0 Å². The Labute approximate surface area is 204 Å². The summed E-state index contributed by atoms with van der Waals surface area (Å²) < 4.78 is 86.4. The second-order valence-corrected chi connectivity index (χ2v) is 8.77. The highest BCUT2D eigenvalue weighted by molar-refractivity contribution is 5.66.